The van der Waals surface area contributed by atoms with E-state index in [9.17, 15) is 14.4 Å². The van der Waals surface area contributed by atoms with Crippen LogP contribution in [0.2, 0.25) is 0 Å². The number of amides is 3. The number of piperidine rings is 1. The van der Waals surface area contributed by atoms with Crippen LogP contribution in [0.3, 0.4) is 0 Å². The van der Waals surface area contributed by atoms with Gasteiger partial charge in [-0.3, -0.25) is 24.2 Å². The van der Waals surface area contributed by atoms with Crippen LogP contribution in [0.4, 0.5) is 5.69 Å². The van der Waals surface area contributed by atoms with Gasteiger partial charge in [0.25, 0.3) is 5.91 Å². The van der Waals surface area contributed by atoms with E-state index in [4.69, 9.17) is 4.74 Å². The van der Waals surface area contributed by atoms with E-state index in [1.807, 2.05) is 34.9 Å². The molecule has 3 saturated heterocycles. The predicted octanol–water partition coefficient (Wildman–Crippen LogP) is 2.73. The molecule has 8 nitrogen and oxygen atoms in total. The van der Waals surface area contributed by atoms with Crippen molar-refractivity contribution in [3.8, 4) is 0 Å². The van der Waals surface area contributed by atoms with Gasteiger partial charge in [-0.15, -0.1) is 0 Å². The first-order chi connectivity index (χ1) is 17.0. The molecular formula is C27H38N4O4. The molecule has 1 unspecified atom stereocenters. The van der Waals surface area contributed by atoms with E-state index in [1.54, 1.807) is 11.0 Å². The van der Waals surface area contributed by atoms with E-state index in [0.29, 0.717) is 49.4 Å². The monoisotopic (exact) mass is 482 g/mol. The molecule has 1 aromatic carbocycles. The lowest BCUT2D eigenvalue weighted by Gasteiger charge is -2.48. The van der Waals surface area contributed by atoms with Gasteiger partial charge in [-0.2, -0.15) is 0 Å². The highest BCUT2D eigenvalue weighted by Gasteiger charge is 2.52. The Kier molecular flexibility index (Phi) is 7.12. The van der Waals surface area contributed by atoms with Crippen molar-refractivity contribution in [3.63, 3.8) is 0 Å². The van der Waals surface area contributed by atoms with Crippen molar-refractivity contribution in [3.05, 3.63) is 29.8 Å². The highest BCUT2D eigenvalue weighted by Crippen LogP contribution is 2.44. The molecule has 0 bridgehead atoms. The third-order valence-corrected chi connectivity index (χ3v) is 8.44. The Hall–Kier alpha value is -2.45. The predicted molar refractivity (Wildman–Crippen MR) is 133 cm³/mol. The second-order valence-electron chi connectivity index (χ2n) is 10.6. The van der Waals surface area contributed by atoms with Crippen LogP contribution in [0.15, 0.2) is 24.3 Å². The SMILES string of the molecule is CC12CCC(=O)N1c1ccccc1C(=O)N2CCCC(=O)N1CCC(CCN2CCOCC2)CC1. The molecule has 4 heterocycles. The average molecular weight is 483 g/mol. The van der Waals surface area contributed by atoms with Gasteiger partial charge in [-0.25, -0.2) is 0 Å². The highest BCUT2D eigenvalue weighted by atomic mass is 16.5. The van der Waals surface area contributed by atoms with E-state index < -0.39 is 5.66 Å². The minimum atomic E-state index is -0.648. The van der Waals surface area contributed by atoms with Crippen molar-refractivity contribution in [1.82, 2.24) is 14.7 Å². The Morgan fingerprint density at radius 3 is 2.57 bits per heavy atom. The Morgan fingerprint density at radius 2 is 1.80 bits per heavy atom. The average Bonchev–Trinajstić information content (AvgIpc) is 3.20. The Morgan fingerprint density at radius 1 is 1.06 bits per heavy atom. The number of ether oxygens (including phenoxy) is 1. The minimum Gasteiger partial charge on any atom is -0.379 e. The quantitative estimate of drug-likeness (QED) is 0.598. The van der Waals surface area contributed by atoms with Crippen molar-refractivity contribution in [1.29, 1.82) is 0 Å². The molecule has 4 aliphatic rings. The van der Waals surface area contributed by atoms with Gasteiger partial charge in [0.05, 0.1) is 24.5 Å². The summed E-state index contributed by atoms with van der Waals surface area (Å²) < 4.78 is 5.43. The van der Waals surface area contributed by atoms with Crippen LogP contribution < -0.4 is 4.90 Å². The van der Waals surface area contributed by atoms with Gasteiger partial charge in [0.15, 0.2) is 0 Å². The van der Waals surface area contributed by atoms with Gasteiger partial charge in [0, 0.05) is 45.6 Å². The normalized spacial score (nSPS) is 25.7. The van der Waals surface area contributed by atoms with Crippen molar-refractivity contribution in [2.75, 3.05) is 57.4 Å². The Labute approximate surface area is 208 Å². The number of fused-ring (bicyclic) bond motifs is 3. The molecule has 4 aliphatic heterocycles. The Balaban J connectivity index is 1.11. The van der Waals surface area contributed by atoms with Crippen molar-refractivity contribution >= 4 is 23.4 Å². The number of rotatable bonds is 7. The number of nitrogens with zero attached hydrogens (tertiary/aromatic N) is 4. The third kappa shape index (κ3) is 4.83. The first-order valence-corrected chi connectivity index (χ1v) is 13.3. The summed E-state index contributed by atoms with van der Waals surface area (Å²) in [6, 6.07) is 7.37. The molecule has 0 spiro atoms. The van der Waals surface area contributed by atoms with Crippen LogP contribution in [0.1, 0.15) is 62.2 Å². The minimum absolute atomic E-state index is 0.0393. The maximum absolute atomic E-state index is 13.3. The van der Waals surface area contributed by atoms with Gasteiger partial charge in [0.2, 0.25) is 11.8 Å². The molecule has 1 aromatic rings. The lowest BCUT2D eigenvalue weighted by molar-refractivity contribution is -0.133. The fraction of sp³-hybridized carbons (Fsp3) is 0.667. The lowest BCUT2D eigenvalue weighted by Crippen LogP contribution is -2.62. The largest absolute Gasteiger partial charge is 0.379 e. The second kappa shape index (κ2) is 10.3. The van der Waals surface area contributed by atoms with Crippen molar-refractivity contribution < 1.29 is 19.1 Å². The summed E-state index contributed by atoms with van der Waals surface area (Å²) in [4.78, 5) is 47.1. The zero-order chi connectivity index (χ0) is 24.4. The molecule has 0 aromatic heterocycles. The summed E-state index contributed by atoms with van der Waals surface area (Å²) in [7, 11) is 0. The topological polar surface area (TPSA) is 73.4 Å². The summed E-state index contributed by atoms with van der Waals surface area (Å²) in [5, 5.41) is 0. The van der Waals surface area contributed by atoms with E-state index in [-0.39, 0.29) is 17.7 Å². The number of anilines is 1. The van der Waals surface area contributed by atoms with Crippen LogP contribution in [0, 0.1) is 5.92 Å². The number of morpholine rings is 1. The van der Waals surface area contributed by atoms with E-state index >= 15 is 0 Å². The zero-order valence-electron chi connectivity index (χ0n) is 20.9. The highest BCUT2D eigenvalue weighted by molar-refractivity contribution is 6.10. The molecular weight excluding hydrogens is 444 g/mol. The summed E-state index contributed by atoms with van der Waals surface area (Å²) in [6.45, 7) is 9.02. The number of benzene rings is 1. The van der Waals surface area contributed by atoms with E-state index in [2.05, 4.69) is 4.90 Å². The Bertz CT molecular complexity index is 954. The fourth-order valence-corrected chi connectivity index (χ4v) is 6.25. The fourth-order valence-electron chi connectivity index (χ4n) is 6.25. The van der Waals surface area contributed by atoms with Gasteiger partial charge in [0.1, 0.15) is 5.66 Å². The molecule has 0 aliphatic carbocycles. The molecule has 5 rings (SSSR count). The van der Waals surface area contributed by atoms with Crippen molar-refractivity contribution in [2.24, 2.45) is 5.92 Å². The van der Waals surface area contributed by atoms with Gasteiger partial charge < -0.3 is 14.5 Å². The van der Waals surface area contributed by atoms with Gasteiger partial charge in [-0.1, -0.05) is 12.1 Å². The second-order valence-corrected chi connectivity index (χ2v) is 10.6. The zero-order valence-corrected chi connectivity index (χ0v) is 20.9. The molecule has 0 radical (unpaired) electrons. The van der Waals surface area contributed by atoms with Gasteiger partial charge >= 0.3 is 0 Å². The van der Waals surface area contributed by atoms with Crippen LogP contribution in [-0.4, -0.2) is 90.6 Å². The number of para-hydroxylation sites is 1. The maximum atomic E-state index is 13.3. The van der Waals surface area contributed by atoms with Crippen LogP contribution in [0.25, 0.3) is 0 Å². The number of likely N-dealkylation sites (tertiary alicyclic amines) is 1. The lowest BCUT2D eigenvalue weighted by atomic mass is 9.93. The molecule has 1 atom stereocenters. The van der Waals surface area contributed by atoms with Gasteiger partial charge in [-0.05, 0) is 63.6 Å². The standard InChI is InChI=1S/C27H38N4O4/c1-27-12-8-25(33)31(27)23-6-3-2-5-22(23)26(34)30(27)13-4-7-24(32)29-15-10-21(11-16-29)9-14-28-17-19-35-20-18-28/h2-3,5-6,21H,4,7-20H2,1H3. The smallest absolute Gasteiger partial charge is 0.257 e. The summed E-state index contributed by atoms with van der Waals surface area (Å²) >= 11 is 0. The first-order valence-electron chi connectivity index (χ1n) is 13.3. The molecule has 3 fully saturated rings. The maximum Gasteiger partial charge on any atom is 0.257 e. The van der Waals surface area contributed by atoms with Crippen LogP contribution >= 0.6 is 0 Å². The molecule has 0 saturated carbocycles. The van der Waals surface area contributed by atoms with Crippen LogP contribution in [-0.2, 0) is 14.3 Å². The molecule has 0 N–H and O–H groups in total. The molecule has 35 heavy (non-hydrogen) atoms. The summed E-state index contributed by atoms with van der Waals surface area (Å²) in [5.74, 6) is 0.900. The molecule has 8 heteroatoms. The number of carbonyl (C=O) groups is 3. The third-order valence-electron chi connectivity index (χ3n) is 8.44. The number of hydrogen-bond donors (Lipinski definition) is 0. The number of carbonyl (C=O) groups excluding carboxylic acids is 3. The number of hydrogen-bond acceptors (Lipinski definition) is 5. The molecule has 3 amide bonds. The molecule has 190 valence electrons. The first kappa shape index (κ1) is 24.3. The van der Waals surface area contributed by atoms with Crippen molar-refractivity contribution in [2.45, 2.75) is 57.5 Å². The van der Waals surface area contributed by atoms with E-state index in [1.165, 1.54) is 6.42 Å². The van der Waals surface area contributed by atoms with E-state index in [0.717, 1.165) is 58.8 Å². The van der Waals surface area contributed by atoms with Crippen LogP contribution in [0.5, 0.6) is 0 Å². The summed E-state index contributed by atoms with van der Waals surface area (Å²) in [5.41, 5.74) is 0.640. The summed E-state index contributed by atoms with van der Waals surface area (Å²) in [6.07, 6.45) is 5.47.